The van der Waals surface area contributed by atoms with Crippen molar-refractivity contribution in [2.24, 2.45) is 0 Å². The first kappa shape index (κ1) is 31.4. The van der Waals surface area contributed by atoms with Gasteiger partial charge in [-0.15, -0.1) is 9.13 Å². The van der Waals surface area contributed by atoms with Crippen molar-refractivity contribution in [2.45, 2.75) is 84.7 Å². The molecule has 0 radical (unpaired) electrons. The summed E-state index contributed by atoms with van der Waals surface area (Å²) in [7, 11) is 0. The summed E-state index contributed by atoms with van der Waals surface area (Å²) >= 11 is 0. The summed E-state index contributed by atoms with van der Waals surface area (Å²) in [5.74, 6) is 0. The molecule has 3 heterocycles. The Bertz CT molecular complexity index is 2320. The molecule has 0 saturated heterocycles. The lowest BCUT2D eigenvalue weighted by atomic mass is 9.79. The second-order valence-electron chi connectivity index (χ2n) is 16.8. The van der Waals surface area contributed by atoms with Gasteiger partial charge in [0, 0.05) is 34.7 Å². The molecule has 2 nitrogen and oxygen atoms in total. The number of hydrogen-bond donors (Lipinski definition) is 0. The summed E-state index contributed by atoms with van der Waals surface area (Å²) in [6.45, 7) is 19.4. The third kappa shape index (κ3) is 5.24. The molecular weight excluding hydrogens is 593 g/mol. The molecule has 0 atom stereocenters. The maximum atomic E-state index is 2.50. The molecule has 2 aromatic heterocycles. The van der Waals surface area contributed by atoms with Crippen LogP contribution in [-0.2, 0) is 29.3 Å². The molecule has 0 bridgehead atoms. The average molecular weight is 641 g/mol. The van der Waals surface area contributed by atoms with Crippen LogP contribution in [0, 0.1) is 0 Å². The number of pyridine rings is 2. The number of allylic oxidation sites excluding steroid dienone is 1. The Labute approximate surface area is 292 Å². The van der Waals surface area contributed by atoms with Crippen LogP contribution in [0.1, 0.15) is 88.8 Å². The quantitative estimate of drug-likeness (QED) is 0.146. The van der Waals surface area contributed by atoms with E-state index < -0.39 is 0 Å². The van der Waals surface area contributed by atoms with E-state index in [9.17, 15) is 0 Å². The van der Waals surface area contributed by atoms with Gasteiger partial charge in [0.05, 0.1) is 5.56 Å². The van der Waals surface area contributed by atoms with E-state index in [0.29, 0.717) is 6.67 Å². The van der Waals surface area contributed by atoms with Crippen molar-refractivity contribution in [1.29, 1.82) is 0 Å². The predicted molar refractivity (Wildman–Crippen MR) is 205 cm³/mol. The number of rotatable bonds is 0. The second-order valence-corrected chi connectivity index (χ2v) is 16.8. The van der Waals surface area contributed by atoms with E-state index in [4.69, 9.17) is 0 Å². The third-order valence-electron chi connectivity index (χ3n) is 11.0. The van der Waals surface area contributed by atoms with Gasteiger partial charge in [0.25, 0.3) is 0 Å². The molecule has 49 heavy (non-hydrogen) atoms. The summed E-state index contributed by atoms with van der Waals surface area (Å²) in [4.78, 5) is 0. The number of benzene rings is 4. The van der Waals surface area contributed by atoms with Gasteiger partial charge in [0.2, 0.25) is 11.4 Å². The number of aromatic nitrogens is 2. The van der Waals surface area contributed by atoms with Crippen molar-refractivity contribution in [1.82, 2.24) is 0 Å². The van der Waals surface area contributed by atoms with E-state index in [-0.39, 0.29) is 16.2 Å². The summed E-state index contributed by atoms with van der Waals surface area (Å²) in [5, 5.41) is 2.66. The van der Waals surface area contributed by atoms with Crippen LogP contribution in [0.25, 0.3) is 50.5 Å². The Hall–Kier alpha value is -4.82. The van der Waals surface area contributed by atoms with Gasteiger partial charge in [-0.3, -0.25) is 0 Å². The van der Waals surface area contributed by atoms with E-state index >= 15 is 0 Å². The van der Waals surface area contributed by atoms with E-state index in [1.807, 2.05) is 0 Å². The first-order valence-electron chi connectivity index (χ1n) is 17.8. The zero-order valence-corrected chi connectivity index (χ0v) is 30.4. The van der Waals surface area contributed by atoms with Crippen molar-refractivity contribution in [3.05, 3.63) is 149 Å². The fourth-order valence-corrected chi connectivity index (χ4v) is 8.17. The Morgan fingerprint density at radius 2 is 1.33 bits per heavy atom. The van der Waals surface area contributed by atoms with Crippen molar-refractivity contribution in [3.8, 4) is 33.6 Å². The standard InChI is InChI=1S/C47H48N2/c1-45(2,3)34-20-23-36-32(26-34)15-13-16-33-27-40-38-22-19-31-14-9-10-17-37(31)44(38)47(7,8)41(40)28-39(33)42-18-11-12-25-48(42)30-49-29-35(46(4,5)6)21-24-43(36)49/h9-14,16-29H,15,30H2,1-8H3/q+2/b16-13+. The van der Waals surface area contributed by atoms with Gasteiger partial charge in [-0.2, -0.15) is 0 Å². The third-order valence-corrected chi connectivity index (χ3v) is 11.0. The van der Waals surface area contributed by atoms with Gasteiger partial charge in [-0.1, -0.05) is 116 Å². The van der Waals surface area contributed by atoms with E-state index in [2.05, 4.69) is 186 Å². The summed E-state index contributed by atoms with van der Waals surface area (Å²) in [6.07, 6.45) is 10.3. The molecule has 244 valence electrons. The lowest BCUT2D eigenvalue weighted by Crippen LogP contribution is -2.54. The summed E-state index contributed by atoms with van der Waals surface area (Å²) in [6, 6.07) is 37.0. The van der Waals surface area contributed by atoms with Gasteiger partial charge in [0.1, 0.15) is 0 Å². The highest BCUT2D eigenvalue weighted by molar-refractivity contribution is 5.98. The lowest BCUT2D eigenvalue weighted by molar-refractivity contribution is -0.903. The van der Waals surface area contributed by atoms with Crippen molar-refractivity contribution in [2.75, 3.05) is 0 Å². The van der Waals surface area contributed by atoms with Gasteiger partial charge in [0.15, 0.2) is 12.4 Å². The Balaban J connectivity index is 1.39. The largest absolute Gasteiger partial charge is 0.344 e. The van der Waals surface area contributed by atoms with Crippen LogP contribution in [0.4, 0.5) is 0 Å². The zero-order valence-electron chi connectivity index (χ0n) is 30.4. The molecule has 6 aromatic rings. The fraction of sp³-hybridized carbons (Fsp3) is 0.277. The smallest absolute Gasteiger partial charge is 0.139 e. The number of fused-ring (bicyclic) bond motifs is 11. The molecule has 4 aromatic carbocycles. The highest BCUT2D eigenvalue weighted by Crippen LogP contribution is 2.52. The van der Waals surface area contributed by atoms with Crippen LogP contribution in [0.5, 0.6) is 0 Å². The highest BCUT2D eigenvalue weighted by Gasteiger charge is 2.38. The maximum absolute atomic E-state index is 2.50. The minimum absolute atomic E-state index is 0.0372. The average Bonchev–Trinajstić information content (AvgIpc) is 3.29. The highest BCUT2D eigenvalue weighted by atomic mass is 15.2. The zero-order chi connectivity index (χ0) is 34.3. The predicted octanol–water partition coefficient (Wildman–Crippen LogP) is 10.7. The van der Waals surface area contributed by atoms with Crippen LogP contribution in [-0.4, -0.2) is 0 Å². The molecule has 0 amide bonds. The first-order valence-corrected chi connectivity index (χ1v) is 17.8. The molecule has 8 rings (SSSR count). The number of hydrogen-bond acceptors (Lipinski definition) is 0. The van der Waals surface area contributed by atoms with Crippen LogP contribution < -0.4 is 9.13 Å². The summed E-state index contributed by atoms with van der Waals surface area (Å²) in [5.41, 5.74) is 15.9. The fourth-order valence-electron chi connectivity index (χ4n) is 8.17. The van der Waals surface area contributed by atoms with Crippen LogP contribution in [0.2, 0.25) is 0 Å². The molecule has 0 N–H and O–H groups in total. The molecule has 0 saturated carbocycles. The van der Waals surface area contributed by atoms with Crippen molar-refractivity contribution in [3.63, 3.8) is 0 Å². The maximum Gasteiger partial charge on any atom is 0.344 e. The van der Waals surface area contributed by atoms with Crippen LogP contribution >= 0.6 is 0 Å². The monoisotopic (exact) mass is 640 g/mol. The van der Waals surface area contributed by atoms with Gasteiger partial charge >= 0.3 is 6.67 Å². The van der Waals surface area contributed by atoms with E-state index in [0.717, 1.165) is 6.42 Å². The molecule has 0 fully saturated rings. The van der Waals surface area contributed by atoms with Gasteiger partial charge in [-0.25, -0.2) is 0 Å². The first-order chi connectivity index (χ1) is 23.3. The van der Waals surface area contributed by atoms with E-state index in [1.54, 1.807) is 0 Å². The topological polar surface area (TPSA) is 7.76 Å². The van der Waals surface area contributed by atoms with Gasteiger partial charge < -0.3 is 0 Å². The minimum atomic E-state index is -0.126. The Morgan fingerprint density at radius 3 is 2.12 bits per heavy atom. The molecule has 2 heteroatoms. The van der Waals surface area contributed by atoms with Crippen molar-refractivity contribution >= 4 is 16.8 Å². The normalized spacial score (nSPS) is 15.5. The van der Waals surface area contributed by atoms with E-state index in [1.165, 1.54) is 77.8 Å². The SMILES string of the molecule is CC(C)(C)c1ccc2c(c1)C/C=C/c1cc3c(cc1-c1cccc[n+]1C[n+]1cc(C(C)(C)C)ccc1-2)C(C)(C)c1c-3ccc2ccccc12. The molecular formula is C47H48N2+2. The molecule has 1 aliphatic heterocycles. The van der Waals surface area contributed by atoms with Gasteiger partial charge in [-0.05, 0) is 97.3 Å². The lowest BCUT2D eigenvalue weighted by Gasteiger charge is -2.24. The number of nitrogens with zero attached hydrogens (tertiary/aromatic N) is 2. The molecule has 0 spiro atoms. The van der Waals surface area contributed by atoms with Crippen molar-refractivity contribution < 1.29 is 9.13 Å². The minimum Gasteiger partial charge on any atom is -0.139 e. The Kier molecular flexibility index (Phi) is 7.13. The summed E-state index contributed by atoms with van der Waals surface area (Å²) < 4.78 is 4.91. The van der Waals surface area contributed by atoms with Crippen LogP contribution in [0.3, 0.4) is 0 Å². The second kappa shape index (κ2) is 11.1. The molecule has 2 aliphatic rings. The molecule has 0 unspecified atom stereocenters. The van der Waals surface area contributed by atoms with Crippen LogP contribution in [0.15, 0.2) is 116 Å². The molecule has 1 aliphatic carbocycles. The Morgan fingerprint density at radius 1 is 0.612 bits per heavy atom.